The summed E-state index contributed by atoms with van der Waals surface area (Å²) in [6.45, 7) is 1.89. The van der Waals surface area contributed by atoms with Crippen molar-refractivity contribution in [1.29, 1.82) is 0 Å². The summed E-state index contributed by atoms with van der Waals surface area (Å²) in [5.41, 5.74) is 0.571. The van der Waals surface area contributed by atoms with Crippen molar-refractivity contribution in [2.75, 3.05) is 0 Å². The number of nitro benzene ring substituents is 1. The lowest BCUT2D eigenvalue weighted by molar-refractivity contribution is -0.385. The number of rotatable bonds is 5. The lowest BCUT2D eigenvalue weighted by atomic mass is 10.1. The molecule has 0 radical (unpaired) electrons. The van der Waals surface area contributed by atoms with Gasteiger partial charge in [0.1, 0.15) is 11.3 Å². The molecule has 0 bridgehead atoms. The molecule has 0 spiro atoms. The zero-order chi connectivity index (χ0) is 15.4. The van der Waals surface area contributed by atoms with Gasteiger partial charge in [-0.05, 0) is 30.2 Å². The normalized spacial score (nSPS) is 10.1. The lowest BCUT2D eigenvalue weighted by Gasteiger charge is -2.09. The smallest absolute Gasteiger partial charge is 0.339 e. The summed E-state index contributed by atoms with van der Waals surface area (Å²) in [4.78, 5) is 21.7. The molecule has 0 unspecified atom stereocenters. The van der Waals surface area contributed by atoms with Crippen LogP contribution in [0.15, 0.2) is 42.5 Å². The molecule has 0 amide bonds. The number of nitro groups is 1. The highest BCUT2D eigenvalue weighted by Gasteiger charge is 2.19. The summed E-state index contributed by atoms with van der Waals surface area (Å²) < 4.78 is 5.44. The maximum absolute atomic E-state index is 11.1. The van der Waals surface area contributed by atoms with Crippen molar-refractivity contribution in [1.82, 2.24) is 0 Å². The number of aryl methyl sites for hydroxylation is 1. The molecule has 6 heteroatoms. The highest BCUT2D eigenvalue weighted by atomic mass is 16.6. The van der Waals surface area contributed by atoms with Gasteiger partial charge in [-0.1, -0.05) is 25.1 Å². The molecule has 108 valence electrons. The van der Waals surface area contributed by atoms with Gasteiger partial charge in [-0.25, -0.2) is 4.79 Å². The third-order valence-electron chi connectivity index (χ3n) is 2.97. The molecule has 0 saturated heterocycles. The quantitative estimate of drug-likeness (QED) is 0.669. The Morgan fingerprint density at radius 2 is 1.95 bits per heavy atom. The van der Waals surface area contributed by atoms with Gasteiger partial charge in [0.05, 0.1) is 4.92 Å². The van der Waals surface area contributed by atoms with Crippen LogP contribution in [-0.4, -0.2) is 16.0 Å². The van der Waals surface area contributed by atoms with Crippen molar-refractivity contribution in [3.8, 4) is 11.5 Å². The molecule has 0 aliphatic carbocycles. The number of nitrogens with zero attached hydrogens (tertiary/aromatic N) is 1. The van der Waals surface area contributed by atoms with Crippen molar-refractivity contribution < 1.29 is 19.6 Å². The van der Waals surface area contributed by atoms with E-state index in [4.69, 9.17) is 9.84 Å². The first-order valence-corrected chi connectivity index (χ1v) is 6.30. The number of para-hydroxylation sites is 1. The molecular weight excluding hydrogens is 274 g/mol. The minimum atomic E-state index is -1.15. The number of benzene rings is 2. The average Bonchev–Trinajstić information content (AvgIpc) is 2.47. The zero-order valence-corrected chi connectivity index (χ0v) is 11.3. The van der Waals surface area contributed by atoms with Gasteiger partial charge >= 0.3 is 11.7 Å². The fourth-order valence-electron chi connectivity index (χ4n) is 1.86. The molecular formula is C15H13NO5. The summed E-state index contributed by atoms with van der Waals surface area (Å²) in [7, 11) is 0. The standard InChI is InChI=1S/C15H13NO5/c1-2-10-7-8-14(12(9-10)16(19)20)21-13-6-4-3-5-11(13)15(17)18/h3-9H,2H2,1H3,(H,17,18). The van der Waals surface area contributed by atoms with E-state index in [1.807, 2.05) is 6.92 Å². The van der Waals surface area contributed by atoms with Crippen LogP contribution in [0.5, 0.6) is 11.5 Å². The number of ether oxygens (including phenoxy) is 1. The lowest BCUT2D eigenvalue weighted by Crippen LogP contribution is -2.01. The van der Waals surface area contributed by atoms with E-state index in [0.29, 0.717) is 6.42 Å². The third-order valence-corrected chi connectivity index (χ3v) is 2.97. The Bertz CT molecular complexity index is 696. The van der Waals surface area contributed by atoms with E-state index in [0.717, 1.165) is 5.56 Å². The van der Waals surface area contributed by atoms with Gasteiger partial charge in [0.2, 0.25) is 5.75 Å². The summed E-state index contributed by atoms with van der Waals surface area (Å²) in [6.07, 6.45) is 0.660. The summed E-state index contributed by atoms with van der Waals surface area (Å²) in [5, 5.41) is 20.2. The van der Waals surface area contributed by atoms with E-state index in [2.05, 4.69) is 0 Å². The van der Waals surface area contributed by atoms with E-state index < -0.39 is 10.9 Å². The van der Waals surface area contributed by atoms with Crippen molar-refractivity contribution >= 4 is 11.7 Å². The number of hydrogen-bond acceptors (Lipinski definition) is 4. The Labute approximate surface area is 120 Å². The molecule has 6 nitrogen and oxygen atoms in total. The Hall–Kier alpha value is -2.89. The zero-order valence-electron chi connectivity index (χ0n) is 11.3. The molecule has 0 aliphatic heterocycles. The fraction of sp³-hybridized carbons (Fsp3) is 0.133. The minimum absolute atomic E-state index is 0.0194. The second-order valence-electron chi connectivity index (χ2n) is 4.32. The number of carbonyl (C=O) groups is 1. The average molecular weight is 287 g/mol. The van der Waals surface area contributed by atoms with Gasteiger partial charge in [0.25, 0.3) is 0 Å². The maximum Gasteiger partial charge on any atom is 0.339 e. The summed E-state index contributed by atoms with van der Waals surface area (Å²) in [6, 6.07) is 10.6. The second-order valence-corrected chi connectivity index (χ2v) is 4.32. The van der Waals surface area contributed by atoms with Crippen LogP contribution in [0.3, 0.4) is 0 Å². The van der Waals surface area contributed by atoms with E-state index in [1.54, 1.807) is 18.2 Å². The van der Waals surface area contributed by atoms with E-state index in [9.17, 15) is 14.9 Å². The molecule has 2 rings (SSSR count). The molecule has 0 aliphatic rings. The predicted octanol–water partition coefficient (Wildman–Crippen LogP) is 3.65. The van der Waals surface area contributed by atoms with Crippen LogP contribution in [0.25, 0.3) is 0 Å². The first-order valence-electron chi connectivity index (χ1n) is 6.30. The van der Waals surface area contributed by atoms with Crippen LogP contribution in [0.2, 0.25) is 0 Å². The van der Waals surface area contributed by atoms with E-state index >= 15 is 0 Å². The monoisotopic (exact) mass is 287 g/mol. The van der Waals surface area contributed by atoms with Crippen LogP contribution < -0.4 is 4.74 Å². The second kappa shape index (κ2) is 6.04. The van der Waals surface area contributed by atoms with Crippen molar-refractivity contribution in [3.05, 3.63) is 63.7 Å². The largest absolute Gasteiger partial charge is 0.478 e. The van der Waals surface area contributed by atoms with Gasteiger partial charge in [-0.3, -0.25) is 10.1 Å². The van der Waals surface area contributed by atoms with E-state index in [1.165, 1.54) is 24.3 Å². The first-order chi connectivity index (χ1) is 10.0. The van der Waals surface area contributed by atoms with Crippen molar-refractivity contribution in [3.63, 3.8) is 0 Å². The molecule has 2 aromatic carbocycles. The highest BCUT2D eigenvalue weighted by Crippen LogP contribution is 2.33. The molecule has 21 heavy (non-hydrogen) atoms. The molecule has 0 atom stereocenters. The number of carboxylic acid groups (broad SMARTS) is 1. The van der Waals surface area contributed by atoms with Crippen LogP contribution in [-0.2, 0) is 6.42 Å². The minimum Gasteiger partial charge on any atom is -0.478 e. The summed E-state index contributed by atoms with van der Waals surface area (Å²) >= 11 is 0. The Balaban J connectivity index is 2.45. The first kappa shape index (κ1) is 14.5. The topological polar surface area (TPSA) is 89.7 Å². The van der Waals surface area contributed by atoms with Gasteiger partial charge in [-0.2, -0.15) is 0 Å². The molecule has 0 saturated carbocycles. The van der Waals surface area contributed by atoms with Gasteiger partial charge in [0.15, 0.2) is 0 Å². The van der Waals surface area contributed by atoms with Crippen LogP contribution in [0, 0.1) is 10.1 Å². The predicted molar refractivity (Wildman–Crippen MR) is 75.9 cm³/mol. The molecule has 1 N–H and O–H groups in total. The Morgan fingerprint density at radius 3 is 2.57 bits per heavy atom. The van der Waals surface area contributed by atoms with Gasteiger partial charge < -0.3 is 9.84 Å². The van der Waals surface area contributed by atoms with Gasteiger partial charge in [-0.15, -0.1) is 0 Å². The Kier molecular flexibility index (Phi) is 4.18. The third kappa shape index (κ3) is 3.17. The number of aromatic carboxylic acids is 1. The SMILES string of the molecule is CCc1ccc(Oc2ccccc2C(=O)O)c([N+](=O)[O-])c1. The van der Waals surface area contributed by atoms with Crippen LogP contribution in [0.1, 0.15) is 22.8 Å². The van der Waals surface area contributed by atoms with Gasteiger partial charge in [0, 0.05) is 6.07 Å². The number of carboxylic acids is 1. The molecule has 0 fully saturated rings. The fourth-order valence-corrected chi connectivity index (χ4v) is 1.86. The van der Waals surface area contributed by atoms with Crippen molar-refractivity contribution in [2.24, 2.45) is 0 Å². The summed E-state index contributed by atoms with van der Waals surface area (Å²) in [5.74, 6) is -1.07. The van der Waals surface area contributed by atoms with E-state index in [-0.39, 0.29) is 22.7 Å². The number of hydrogen-bond donors (Lipinski definition) is 1. The molecule has 2 aromatic rings. The maximum atomic E-state index is 11.1. The van der Waals surface area contributed by atoms with Crippen LogP contribution >= 0.6 is 0 Å². The highest BCUT2D eigenvalue weighted by molar-refractivity contribution is 5.91. The van der Waals surface area contributed by atoms with Crippen LogP contribution in [0.4, 0.5) is 5.69 Å². The van der Waals surface area contributed by atoms with Crippen molar-refractivity contribution in [2.45, 2.75) is 13.3 Å². The molecule has 0 aromatic heterocycles. The Morgan fingerprint density at radius 1 is 1.24 bits per heavy atom. The molecule has 0 heterocycles.